The maximum atomic E-state index is 9.08. The van der Waals surface area contributed by atoms with Gasteiger partial charge in [-0.1, -0.05) is 31.5 Å². The van der Waals surface area contributed by atoms with Crippen molar-refractivity contribution in [2.75, 3.05) is 6.54 Å². The fourth-order valence-corrected chi connectivity index (χ4v) is 1.98. The van der Waals surface area contributed by atoms with Gasteiger partial charge >= 0.3 is 0 Å². The van der Waals surface area contributed by atoms with Crippen LogP contribution in [0.1, 0.15) is 30.9 Å². The molecule has 0 aliphatic heterocycles. The predicted octanol–water partition coefficient (Wildman–Crippen LogP) is 3.91. The molecule has 0 radical (unpaired) electrons. The van der Waals surface area contributed by atoms with Crippen molar-refractivity contribution < 1.29 is 15.3 Å². The summed E-state index contributed by atoms with van der Waals surface area (Å²) in [6.07, 6.45) is 3.99. The SMILES string of the molecule is Br.CCCc1ccc(O)c(O)c1.NCCCc1ccc(O)cc1. The number of nitrogens with two attached hydrogens (primary N) is 1. The number of phenolic OH excluding ortho intramolecular Hbond substituents is 3. The molecule has 5 heteroatoms. The summed E-state index contributed by atoms with van der Waals surface area (Å²) in [5.41, 5.74) is 7.64. The van der Waals surface area contributed by atoms with E-state index in [1.54, 1.807) is 18.2 Å². The van der Waals surface area contributed by atoms with Crippen molar-refractivity contribution in [3.63, 3.8) is 0 Å². The van der Waals surface area contributed by atoms with Crippen molar-refractivity contribution in [2.45, 2.75) is 32.6 Å². The van der Waals surface area contributed by atoms with Gasteiger partial charge in [0.15, 0.2) is 11.5 Å². The second-order valence-corrected chi connectivity index (χ2v) is 5.13. The molecule has 128 valence electrons. The first-order valence-corrected chi connectivity index (χ1v) is 7.55. The third-order valence-corrected chi connectivity index (χ3v) is 3.18. The Morgan fingerprint density at radius 1 is 0.826 bits per heavy atom. The Morgan fingerprint density at radius 2 is 1.43 bits per heavy atom. The lowest BCUT2D eigenvalue weighted by Crippen LogP contribution is -1.99. The summed E-state index contributed by atoms with van der Waals surface area (Å²) in [6, 6.07) is 12.2. The molecule has 0 amide bonds. The third-order valence-electron chi connectivity index (χ3n) is 3.18. The van der Waals surface area contributed by atoms with Crippen LogP contribution in [0.15, 0.2) is 42.5 Å². The number of hydrogen-bond donors (Lipinski definition) is 4. The van der Waals surface area contributed by atoms with E-state index in [0.717, 1.165) is 37.8 Å². The van der Waals surface area contributed by atoms with Gasteiger partial charge in [-0.05, 0) is 61.2 Å². The molecule has 2 aromatic carbocycles. The van der Waals surface area contributed by atoms with E-state index in [1.165, 1.54) is 11.6 Å². The molecular weight excluding hydrogens is 358 g/mol. The number of benzene rings is 2. The fourth-order valence-electron chi connectivity index (χ4n) is 1.98. The van der Waals surface area contributed by atoms with Gasteiger partial charge in [0, 0.05) is 0 Å². The van der Waals surface area contributed by atoms with E-state index in [1.807, 2.05) is 18.2 Å². The Labute approximate surface area is 148 Å². The van der Waals surface area contributed by atoms with Gasteiger partial charge in [-0.15, -0.1) is 17.0 Å². The topological polar surface area (TPSA) is 86.7 Å². The van der Waals surface area contributed by atoms with E-state index in [2.05, 4.69) is 6.92 Å². The molecule has 0 aliphatic carbocycles. The van der Waals surface area contributed by atoms with E-state index >= 15 is 0 Å². The fraction of sp³-hybridized carbons (Fsp3) is 0.333. The molecule has 0 heterocycles. The van der Waals surface area contributed by atoms with Crippen molar-refractivity contribution in [3.8, 4) is 17.2 Å². The number of hydrogen-bond acceptors (Lipinski definition) is 4. The highest BCUT2D eigenvalue weighted by Crippen LogP contribution is 2.25. The minimum atomic E-state index is -0.0511. The van der Waals surface area contributed by atoms with Crippen molar-refractivity contribution in [3.05, 3.63) is 53.6 Å². The number of halogens is 1. The van der Waals surface area contributed by atoms with Crippen LogP contribution in [-0.4, -0.2) is 21.9 Å². The molecule has 0 aliphatic rings. The third kappa shape index (κ3) is 8.47. The standard InChI is InChI=1S/C9H13NO.C9H12O2.BrH/c10-7-1-2-8-3-5-9(11)6-4-8;1-2-3-7-4-5-8(10)9(11)6-7;/h3-6,11H,1-2,7,10H2;4-6,10-11H,2-3H2,1H3;1H. The van der Waals surface area contributed by atoms with Crippen LogP contribution < -0.4 is 5.73 Å². The van der Waals surface area contributed by atoms with Gasteiger partial charge < -0.3 is 21.1 Å². The quantitative estimate of drug-likeness (QED) is 0.589. The van der Waals surface area contributed by atoms with Crippen molar-refractivity contribution in [1.29, 1.82) is 0 Å². The number of aryl methyl sites for hydroxylation is 2. The lowest BCUT2D eigenvalue weighted by Gasteiger charge is -2.00. The predicted molar refractivity (Wildman–Crippen MR) is 99.6 cm³/mol. The molecule has 0 bridgehead atoms. The lowest BCUT2D eigenvalue weighted by molar-refractivity contribution is 0.403. The number of phenols is 3. The summed E-state index contributed by atoms with van der Waals surface area (Å²) in [5.74, 6) is 0.238. The highest BCUT2D eigenvalue weighted by molar-refractivity contribution is 8.93. The van der Waals surface area contributed by atoms with E-state index in [0.29, 0.717) is 5.75 Å². The maximum absolute atomic E-state index is 9.08. The molecule has 0 fully saturated rings. The minimum Gasteiger partial charge on any atom is -0.508 e. The summed E-state index contributed by atoms with van der Waals surface area (Å²) in [6.45, 7) is 2.80. The van der Waals surface area contributed by atoms with Crippen LogP contribution in [0.25, 0.3) is 0 Å². The molecule has 0 unspecified atom stereocenters. The average Bonchev–Trinajstić information content (AvgIpc) is 2.51. The molecule has 0 spiro atoms. The molecule has 2 rings (SSSR count). The van der Waals surface area contributed by atoms with Gasteiger partial charge in [-0.25, -0.2) is 0 Å². The number of aromatic hydroxyl groups is 3. The maximum Gasteiger partial charge on any atom is 0.157 e. The molecule has 23 heavy (non-hydrogen) atoms. The van der Waals surface area contributed by atoms with Crippen LogP contribution in [0.2, 0.25) is 0 Å². The second-order valence-electron chi connectivity index (χ2n) is 5.13. The Morgan fingerprint density at radius 3 is 1.96 bits per heavy atom. The zero-order valence-electron chi connectivity index (χ0n) is 13.4. The van der Waals surface area contributed by atoms with Crippen LogP contribution in [0.5, 0.6) is 17.2 Å². The lowest BCUT2D eigenvalue weighted by atomic mass is 10.1. The van der Waals surface area contributed by atoms with Crippen LogP contribution >= 0.6 is 17.0 Å². The van der Waals surface area contributed by atoms with Gasteiger partial charge in [-0.3, -0.25) is 0 Å². The Balaban J connectivity index is 0.000000403. The molecule has 4 nitrogen and oxygen atoms in total. The van der Waals surface area contributed by atoms with E-state index in [-0.39, 0.29) is 28.5 Å². The highest BCUT2D eigenvalue weighted by atomic mass is 79.9. The second kappa shape index (κ2) is 11.8. The van der Waals surface area contributed by atoms with Gasteiger partial charge in [-0.2, -0.15) is 0 Å². The first kappa shape index (κ1) is 21.3. The molecule has 0 atom stereocenters. The van der Waals surface area contributed by atoms with Crippen LogP contribution in [0.4, 0.5) is 0 Å². The first-order chi connectivity index (χ1) is 10.6. The van der Waals surface area contributed by atoms with Crippen molar-refractivity contribution in [2.24, 2.45) is 5.73 Å². The molecule has 0 saturated heterocycles. The Hall–Kier alpha value is -1.72. The summed E-state index contributed by atoms with van der Waals surface area (Å²) in [7, 11) is 0. The van der Waals surface area contributed by atoms with Crippen molar-refractivity contribution in [1.82, 2.24) is 0 Å². The zero-order valence-corrected chi connectivity index (χ0v) is 15.1. The zero-order chi connectivity index (χ0) is 16.4. The minimum absolute atomic E-state index is 0. The largest absolute Gasteiger partial charge is 0.508 e. The summed E-state index contributed by atoms with van der Waals surface area (Å²) < 4.78 is 0. The summed E-state index contributed by atoms with van der Waals surface area (Å²) in [5, 5.41) is 27.0. The van der Waals surface area contributed by atoms with Gasteiger partial charge in [0.2, 0.25) is 0 Å². The first-order valence-electron chi connectivity index (χ1n) is 7.55. The smallest absolute Gasteiger partial charge is 0.157 e. The summed E-state index contributed by atoms with van der Waals surface area (Å²) in [4.78, 5) is 0. The average molecular weight is 384 g/mol. The van der Waals surface area contributed by atoms with Crippen molar-refractivity contribution >= 4 is 17.0 Å². The molecule has 0 aromatic heterocycles. The van der Waals surface area contributed by atoms with E-state index < -0.39 is 0 Å². The van der Waals surface area contributed by atoms with Gasteiger partial charge in [0.05, 0.1) is 0 Å². The Bertz CT molecular complexity index is 559. The Kier molecular flexibility index (Phi) is 10.9. The summed E-state index contributed by atoms with van der Waals surface area (Å²) >= 11 is 0. The van der Waals surface area contributed by atoms with Gasteiger partial charge in [0.25, 0.3) is 0 Å². The van der Waals surface area contributed by atoms with Crippen LogP contribution in [0, 0.1) is 0 Å². The monoisotopic (exact) mass is 383 g/mol. The molecular formula is C18H26BrNO3. The highest BCUT2D eigenvalue weighted by Gasteiger charge is 1.98. The van der Waals surface area contributed by atoms with Crippen LogP contribution in [-0.2, 0) is 12.8 Å². The van der Waals surface area contributed by atoms with Gasteiger partial charge in [0.1, 0.15) is 5.75 Å². The molecule has 0 saturated carbocycles. The van der Waals surface area contributed by atoms with Crippen LogP contribution in [0.3, 0.4) is 0 Å². The normalized spacial score (nSPS) is 9.48. The van der Waals surface area contributed by atoms with E-state index in [4.69, 9.17) is 21.1 Å². The molecule has 5 N–H and O–H groups in total. The molecule has 2 aromatic rings. The van der Waals surface area contributed by atoms with E-state index in [9.17, 15) is 0 Å². The number of rotatable bonds is 5.